The minimum Gasteiger partial charge on any atom is -0.489 e. The monoisotopic (exact) mass is 527 g/mol. The van der Waals surface area contributed by atoms with Gasteiger partial charge < -0.3 is 28.6 Å². The minimum atomic E-state index is -0.510. The van der Waals surface area contributed by atoms with Gasteiger partial charge in [0, 0.05) is 57.3 Å². The average molecular weight is 528 g/mol. The molecule has 0 atom stereocenters. The maximum Gasteiger partial charge on any atom is 0.410 e. The van der Waals surface area contributed by atoms with Crippen molar-refractivity contribution in [1.29, 1.82) is 0 Å². The van der Waals surface area contributed by atoms with Crippen LogP contribution in [0.4, 0.5) is 9.59 Å². The smallest absolute Gasteiger partial charge is 0.410 e. The lowest BCUT2D eigenvalue weighted by molar-refractivity contribution is 0.0125. The summed E-state index contributed by atoms with van der Waals surface area (Å²) in [6.45, 7) is 13.5. The van der Waals surface area contributed by atoms with Crippen molar-refractivity contribution in [2.24, 2.45) is 0 Å². The van der Waals surface area contributed by atoms with Gasteiger partial charge in [-0.2, -0.15) is 0 Å². The third kappa shape index (κ3) is 8.00. The highest BCUT2D eigenvalue weighted by molar-refractivity contribution is 7.71. The zero-order valence-electron chi connectivity index (χ0n) is 21.6. The maximum absolute atomic E-state index is 12.3. The summed E-state index contributed by atoms with van der Waals surface area (Å²) in [7, 11) is 0. The van der Waals surface area contributed by atoms with Gasteiger partial charge in [0.2, 0.25) is 0 Å². The number of piperidine rings is 2. The van der Waals surface area contributed by atoms with E-state index in [9.17, 15) is 9.59 Å². The van der Waals surface area contributed by atoms with Crippen LogP contribution in [0.25, 0.3) is 0 Å². The third-order valence-corrected chi connectivity index (χ3v) is 6.51. The molecule has 0 unspecified atom stereocenters. The van der Waals surface area contributed by atoms with Gasteiger partial charge in [-0.25, -0.2) is 9.59 Å². The van der Waals surface area contributed by atoms with E-state index in [1.54, 1.807) is 15.9 Å². The molecule has 2 amide bonds. The van der Waals surface area contributed by atoms with Crippen molar-refractivity contribution >= 4 is 36.0 Å². The first-order valence-electron chi connectivity index (χ1n) is 12.3. The van der Waals surface area contributed by atoms with Gasteiger partial charge in [-0.3, -0.25) is 0 Å². The molecule has 196 valence electrons. The highest BCUT2D eigenvalue weighted by atomic mass is 35.5. The van der Waals surface area contributed by atoms with Crippen LogP contribution in [0, 0.1) is 4.64 Å². The quantitative estimate of drug-likeness (QED) is 0.434. The molecule has 3 rings (SSSR count). The standard InChI is InChI=1S/C25H38ClN3O5S/c1-24(2,3)33-22(30)27-11-7-17(8-12-27)29-16-19(26)20(15-21(29)35)32-18-9-13-28(14-10-18)23(31)34-25(4,5)6/h15-18H,7-14H2,1-6H3. The molecule has 2 aliphatic rings. The number of halogens is 1. The Kier molecular flexibility index (Phi) is 8.63. The number of hydrogen-bond donors (Lipinski definition) is 0. The number of amides is 2. The maximum atomic E-state index is 12.3. The first-order chi connectivity index (χ1) is 16.2. The first kappa shape index (κ1) is 27.6. The van der Waals surface area contributed by atoms with Gasteiger partial charge in [0.05, 0.1) is 5.02 Å². The summed E-state index contributed by atoms with van der Waals surface area (Å²) in [5.74, 6) is 0.565. The van der Waals surface area contributed by atoms with Gasteiger partial charge in [0.15, 0.2) is 0 Å². The van der Waals surface area contributed by atoms with Crippen LogP contribution >= 0.6 is 23.8 Å². The van der Waals surface area contributed by atoms with Crippen LogP contribution < -0.4 is 4.74 Å². The summed E-state index contributed by atoms with van der Waals surface area (Å²) in [5.41, 5.74) is -1.02. The van der Waals surface area contributed by atoms with E-state index in [1.165, 1.54) is 0 Å². The fraction of sp³-hybridized carbons (Fsp3) is 0.720. The van der Waals surface area contributed by atoms with Crippen LogP contribution in [-0.2, 0) is 9.47 Å². The number of nitrogens with zero attached hydrogens (tertiary/aromatic N) is 3. The van der Waals surface area contributed by atoms with Crippen LogP contribution in [0.3, 0.4) is 0 Å². The zero-order valence-corrected chi connectivity index (χ0v) is 23.2. The molecule has 10 heteroatoms. The van der Waals surface area contributed by atoms with Crippen molar-refractivity contribution in [3.05, 3.63) is 21.9 Å². The molecule has 0 aliphatic carbocycles. The van der Waals surface area contributed by atoms with E-state index in [0.29, 0.717) is 54.4 Å². The van der Waals surface area contributed by atoms with E-state index in [0.717, 1.165) is 12.8 Å². The molecule has 1 aromatic rings. The highest BCUT2D eigenvalue weighted by Crippen LogP contribution is 2.32. The summed E-state index contributed by atoms with van der Waals surface area (Å²) in [5, 5.41) is 0.503. The number of hydrogen-bond acceptors (Lipinski definition) is 6. The predicted octanol–water partition coefficient (Wildman–Crippen LogP) is 6.22. The molecule has 0 N–H and O–H groups in total. The second-order valence-corrected chi connectivity index (χ2v) is 12.0. The zero-order chi connectivity index (χ0) is 26.0. The molecular weight excluding hydrogens is 490 g/mol. The number of carbonyl (C=O) groups is 2. The Bertz CT molecular complexity index is 969. The fourth-order valence-corrected chi connectivity index (χ4v) is 4.71. The topological polar surface area (TPSA) is 73.2 Å². The molecule has 2 saturated heterocycles. The molecule has 0 aromatic carbocycles. The predicted molar refractivity (Wildman–Crippen MR) is 138 cm³/mol. The third-order valence-electron chi connectivity index (χ3n) is 5.89. The van der Waals surface area contributed by atoms with Crippen LogP contribution in [0.2, 0.25) is 5.02 Å². The second-order valence-electron chi connectivity index (χ2n) is 11.2. The molecule has 2 fully saturated rings. The lowest BCUT2D eigenvalue weighted by Gasteiger charge is -2.35. The van der Waals surface area contributed by atoms with E-state index in [-0.39, 0.29) is 24.3 Å². The Labute approximate surface area is 218 Å². The van der Waals surface area contributed by atoms with Crippen molar-refractivity contribution in [3.63, 3.8) is 0 Å². The van der Waals surface area contributed by atoms with E-state index < -0.39 is 11.2 Å². The molecule has 0 saturated carbocycles. The Hall–Kier alpha value is -2.00. The van der Waals surface area contributed by atoms with Gasteiger partial charge in [0.1, 0.15) is 27.7 Å². The summed E-state index contributed by atoms with van der Waals surface area (Å²) >= 11 is 12.2. The number of pyridine rings is 1. The highest BCUT2D eigenvalue weighted by Gasteiger charge is 2.30. The SMILES string of the molecule is CC(C)(C)OC(=O)N1CCC(Oc2cc(=S)n(C3CCN(C(=O)OC(C)(C)C)CC3)cc2Cl)CC1. The van der Waals surface area contributed by atoms with E-state index in [2.05, 4.69) is 0 Å². The van der Waals surface area contributed by atoms with Crippen LogP contribution in [0.1, 0.15) is 73.3 Å². The molecule has 0 spiro atoms. The molecule has 8 nitrogen and oxygen atoms in total. The Morgan fingerprint density at radius 3 is 1.80 bits per heavy atom. The lowest BCUT2D eigenvalue weighted by Crippen LogP contribution is -2.44. The molecule has 0 radical (unpaired) electrons. The van der Waals surface area contributed by atoms with E-state index in [1.807, 2.05) is 52.3 Å². The van der Waals surface area contributed by atoms with Crippen LogP contribution in [0.15, 0.2) is 12.3 Å². The number of ether oxygens (including phenoxy) is 3. The summed E-state index contributed by atoms with van der Waals surface area (Å²) < 4.78 is 19.8. The number of aromatic nitrogens is 1. The largest absolute Gasteiger partial charge is 0.489 e. The van der Waals surface area contributed by atoms with E-state index >= 15 is 0 Å². The minimum absolute atomic E-state index is 0.0477. The Morgan fingerprint density at radius 2 is 1.34 bits per heavy atom. The van der Waals surface area contributed by atoms with Gasteiger partial charge in [-0.1, -0.05) is 23.8 Å². The van der Waals surface area contributed by atoms with Crippen LogP contribution in [-0.4, -0.2) is 70.0 Å². The number of carbonyl (C=O) groups excluding carboxylic acids is 2. The number of rotatable bonds is 3. The first-order valence-corrected chi connectivity index (χ1v) is 13.0. The van der Waals surface area contributed by atoms with Gasteiger partial charge in [0.25, 0.3) is 0 Å². The second kappa shape index (κ2) is 10.9. The van der Waals surface area contributed by atoms with Crippen molar-refractivity contribution in [3.8, 4) is 5.75 Å². The van der Waals surface area contributed by atoms with Crippen molar-refractivity contribution in [2.75, 3.05) is 26.2 Å². The Balaban J connectivity index is 1.55. The summed E-state index contributed by atoms with van der Waals surface area (Å²) in [6, 6.07) is 1.96. The summed E-state index contributed by atoms with van der Waals surface area (Å²) in [6.07, 6.45) is 4.15. The average Bonchev–Trinajstić information content (AvgIpc) is 2.74. The molecule has 1 aromatic heterocycles. The van der Waals surface area contributed by atoms with Crippen molar-refractivity contribution < 1.29 is 23.8 Å². The molecule has 2 aliphatic heterocycles. The van der Waals surface area contributed by atoms with Crippen LogP contribution in [0.5, 0.6) is 5.75 Å². The summed E-state index contributed by atoms with van der Waals surface area (Å²) in [4.78, 5) is 28.1. The molecule has 0 bridgehead atoms. The van der Waals surface area contributed by atoms with Crippen molar-refractivity contribution in [1.82, 2.24) is 14.4 Å². The fourth-order valence-electron chi connectivity index (χ4n) is 4.20. The van der Waals surface area contributed by atoms with Gasteiger partial charge in [-0.05, 0) is 54.4 Å². The lowest BCUT2D eigenvalue weighted by atomic mass is 10.0. The van der Waals surface area contributed by atoms with Gasteiger partial charge >= 0.3 is 12.2 Å². The number of likely N-dealkylation sites (tertiary alicyclic amines) is 2. The van der Waals surface area contributed by atoms with Gasteiger partial charge in [-0.15, -0.1) is 0 Å². The Morgan fingerprint density at radius 1 is 0.886 bits per heavy atom. The molecular formula is C25H38ClN3O5S. The molecule has 3 heterocycles. The van der Waals surface area contributed by atoms with Crippen molar-refractivity contribution in [2.45, 2.75) is 90.6 Å². The molecule has 35 heavy (non-hydrogen) atoms. The normalized spacial score (nSPS) is 18.4. The van der Waals surface area contributed by atoms with E-state index in [4.69, 9.17) is 38.0 Å².